The van der Waals surface area contributed by atoms with E-state index >= 15 is 0 Å². The molecule has 328 valence electrons. The summed E-state index contributed by atoms with van der Waals surface area (Å²) in [5.41, 5.74) is 12.6. The molecule has 0 amide bonds. The minimum absolute atomic E-state index is 0.00607. The van der Waals surface area contributed by atoms with Crippen molar-refractivity contribution in [3.63, 3.8) is 0 Å². The van der Waals surface area contributed by atoms with Gasteiger partial charge in [-0.3, -0.25) is 0 Å². The lowest BCUT2D eigenvalue weighted by atomic mass is 9.52. The molecule has 17 rings (SSSR count). The summed E-state index contributed by atoms with van der Waals surface area (Å²) in [6.45, 7) is 8.31. The first-order valence-corrected chi connectivity index (χ1v) is 25.6. The highest BCUT2D eigenvalue weighted by atomic mass is 16.5. The Morgan fingerprint density at radius 2 is 0.939 bits per heavy atom. The Labute approximate surface area is 387 Å². The van der Waals surface area contributed by atoms with Crippen LogP contribution in [0.4, 0.5) is 11.4 Å². The van der Waals surface area contributed by atoms with Gasteiger partial charge >= 0.3 is 0 Å². The summed E-state index contributed by atoms with van der Waals surface area (Å²) < 4.78 is 17.8. The highest BCUT2D eigenvalue weighted by Gasteiger charge is 2.81. The number of hydrogen-bond acceptors (Lipinski definition) is 4. The van der Waals surface area contributed by atoms with Crippen molar-refractivity contribution in [1.29, 1.82) is 0 Å². The molecule has 2 saturated carbocycles. The first-order valence-electron chi connectivity index (χ1n) is 25.6. The van der Waals surface area contributed by atoms with E-state index in [0.717, 1.165) is 35.1 Å². The van der Waals surface area contributed by atoms with E-state index in [1.165, 1.54) is 82.8 Å². The highest BCUT2D eigenvalue weighted by Crippen LogP contribution is 2.73. The van der Waals surface area contributed by atoms with Crippen LogP contribution in [-0.4, -0.2) is 85.0 Å². The van der Waals surface area contributed by atoms with E-state index in [-0.39, 0.29) is 23.3 Å². The molecule has 6 aromatic rings. The molecule has 14 atom stereocenters. The van der Waals surface area contributed by atoms with E-state index < -0.39 is 0 Å². The SMILES string of the molecule is C1=C2C[N+]3(Cc4ccc5ccccc5c4)CCC45c6ccccc6N6[C@@H]7OCC=C8C[N+]9(Cc%10ccc%11ccccc%11c%10)CCC%10%11c%12ccccc%12N([C@H](OC1)[C@@H]([C@H]64)[C@H]2C[C@@H]53)[C@H]%10[C@H]7[C@H]8C[C@@H]%119. The van der Waals surface area contributed by atoms with E-state index in [9.17, 15) is 0 Å². The number of ether oxygens (including phenoxy) is 2. The third kappa shape index (κ3) is 4.25. The Balaban J connectivity index is 0.866. The molecule has 66 heavy (non-hydrogen) atoms. The van der Waals surface area contributed by atoms with Crippen molar-refractivity contribution < 1.29 is 18.4 Å². The molecule has 2 aliphatic carbocycles. The van der Waals surface area contributed by atoms with E-state index in [2.05, 4.69) is 155 Å². The molecular formula is C60H58N4O2+2. The van der Waals surface area contributed by atoms with Crippen LogP contribution in [0.3, 0.4) is 0 Å². The Bertz CT molecular complexity index is 2970. The van der Waals surface area contributed by atoms with Crippen molar-refractivity contribution in [2.75, 3.05) is 49.2 Å². The minimum atomic E-state index is -0.00607. The van der Waals surface area contributed by atoms with Crippen LogP contribution in [0.25, 0.3) is 21.5 Å². The summed E-state index contributed by atoms with van der Waals surface area (Å²) in [4.78, 5) is 6.05. The topological polar surface area (TPSA) is 24.9 Å². The fourth-order valence-electron chi connectivity index (χ4n) is 19.2. The van der Waals surface area contributed by atoms with Gasteiger partial charge in [0.25, 0.3) is 0 Å². The quantitative estimate of drug-likeness (QED) is 0.130. The zero-order valence-electron chi connectivity index (χ0n) is 37.7. The molecule has 4 unspecified atom stereocenters. The highest BCUT2D eigenvalue weighted by molar-refractivity contribution is 5.84. The number of rotatable bonds is 4. The number of quaternary nitrogens is 2. The van der Waals surface area contributed by atoms with Gasteiger partial charge < -0.3 is 28.2 Å². The van der Waals surface area contributed by atoms with Gasteiger partial charge in [0.15, 0.2) is 0 Å². The Hall–Kier alpha value is -5.24. The van der Waals surface area contributed by atoms with Crippen LogP contribution in [0.1, 0.15) is 47.9 Å². The molecule has 4 bridgehead atoms. The average molecular weight is 867 g/mol. The molecule has 0 aromatic heterocycles. The van der Waals surface area contributed by atoms with Crippen LogP contribution < -0.4 is 9.80 Å². The largest absolute Gasteiger partial charge is 0.354 e. The zero-order chi connectivity index (χ0) is 42.7. The van der Waals surface area contributed by atoms with Gasteiger partial charge in [0.1, 0.15) is 50.7 Å². The summed E-state index contributed by atoms with van der Waals surface area (Å²) in [5, 5.41) is 5.41. The number of anilines is 2. The number of fused-ring (bicyclic) bond motifs is 8. The lowest BCUT2D eigenvalue weighted by Crippen LogP contribution is -2.78. The molecule has 6 aromatic carbocycles. The van der Waals surface area contributed by atoms with Gasteiger partial charge in [-0.1, -0.05) is 121 Å². The zero-order valence-corrected chi connectivity index (χ0v) is 37.7. The predicted octanol–water partition coefficient (Wildman–Crippen LogP) is 10.0. The Kier molecular flexibility index (Phi) is 6.94. The molecule has 9 aliphatic heterocycles. The maximum absolute atomic E-state index is 7.75. The number of nitrogens with zero attached hydrogens (tertiary/aromatic N) is 4. The fraction of sp³-hybridized carbons (Fsp3) is 0.400. The smallest absolute Gasteiger partial charge is 0.136 e. The number of piperidine rings is 2. The maximum Gasteiger partial charge on any atom is 0.136 e. The molecule has 6 nitrogen and oxygen atoms in total. The van der Waals surface area contributed by atoms with E-state index in [4.69, 9.17) is 9.47 Å². The van der Waals surface area contributed by atoms with Gasteiger partial charge in [-0.15, -0.1) is 0 Å². The van der Waals surface area contributed by atoms with Crippen molar-refractivity contribution in [3.05, 3.63) is 179 Å². The van der Waals surface area contributed by atoms with Crippen molar-refractivity contribution in [2.24, 2.45) is 23.7 Å². The summed E-state index contributed by atoms with van der Waals surface area (Å²) in [6.07, 6.45) is 10.1. The molecule has 11 aliphatic rings. The first-order chi connectivity index (χ1) is 32.6. The molecule has 0 radical (unpaired) electrons. The molecular weight excluding hydrogens is 809 g/mol. The van der Waals surface area contributed by atoms with Gasteiger partial charge in [0.05, 0.1) is 49.2 Å². The molecule has 5 saturated heterocycles. The monoisotopic (exact) mass is 866 g/mol. The standard InChI is InChI=1S/C60H58N4O2/c1-3-11-41-29-37(17-19-39(41)9-1)33-63-25-23-59-47-13-5-7-15-49(47)61-55(59)53-45(31-51(59)63)43(35-63)21-27-65-57(53)62-50-16-8-6-14-48(50)60-24-26-64(34-38-18-20-40-10-2-4-12-42(40)30-38)36-44-22-28-66-58(61)54(56(60)62)46(44)32-52(60)64/h1-22,29-30,45-46,51-58H,23-28,31-36H2/q+2/t45-,46-,51-,52-,53+,54+,55-,56-,57+,58+,59?,60?,63?,64?/m0/s1. The van der Waals surface area contributed by atoms with Crippen LogP contribution in [0, 0.1) is 23.7 Å². The summed E-state index contributed by atoms with van der Waals surface area (Å²) in [5.74, 6) is 1.61. The second-order valence-corrected chi connectivity index (χ2v) is 23.1. The van der Waals surface area contributed by atoms with Gasteiger partial charge in [0.2, 0.25) is 0 Å². The lowest BCUT2D eigenvalue weighted by Gasteiger charge is -2.65. The van der Waals surface area contributed by atoms with Gasteiger partial charge in [-0.25, -0.2) is 0 Å². The Morgan fingerprint density at radius 3 is 1.42 bits per heavy atom. The lowest BCUT2D eigenvalue weighted by molar-refractivity contribution is -0.955. The minimum Gasteiger partial charge on any atom is -0.354 e. The molecule has 9 heterocycles. The third-order valence-corrected chi connectivity index (χ3v) is 21.1. The van der Waals surface area contributed by atoms with Crippen molar-refractivity contribution in [3.8, 4) is 0 Å². The van der Waals surface area contributed by atoms with Crippen LogP contribution in [0.5, 0.6) is 0 Å². The van der Waals surface area contributed by atoms with Gasteiger partial charge in [-0.05, 0) is 68.1 Å². The summed E-state index contributed by atoms with van der Waals surface area (Å²) in [6, 6.07) is 53.9. The van der Waals surface area contributed by atoms with Crippen molar-refractivity contribution >= 4 is 32.9 Å². The van der Waals surface area contributed by atoms with Crippen LogP contribution in [0.15, 0.2) is 157 Å². The van der Waals surface area contributed by atoms with Gasteiger partial charge in [-0.2, -0.15) is 0 Å². The first kappa shape index (κ1) is 36.8. The summed E-state index contributed by atoms with van der Waals surface area (Å²) >= 11 is 0. The predicted molar refractivity (Wildman–Crippen MR) is 260 cm³/mol. The molecule has 7 fully saturated rings. The summed E-state index contributed by atoms with van der Waals surface area (Å²) in [7, 11) is 0. The van der Waals surface area contributed by atoms with Crippen LogP contribution >= 0.6 is 0 Å². The second kappa shape index (κ2) is 12.4. The number of benzene rings is 6. The van der Waals surface area contributed by atoms with Crippen LogP contribution in [-0.2, 0) is 33.4 Å². The Morgan fingerprint density at radius 1 is 0.500 bits per heavy atom. The molecule has 6 heteroatoms. The van der Waals surface area contributed by atoms with Crippen molar-refractivity contribution in [1.82, 2.24) is 0 Å². The van der Waals surface area contributed by atoms with Crippen molar-refractivity contribution in [2.45, 2.75) is 86.2 Å². The van der Waals surface area contributed by atoms with E-state index in [0.29, 0.717) is 61.1 Å². The third-order valence-electron chi connectivity index (χ3n) is 21.1. The number of para-hydroxylation sites is 2. The molecule has 0 N–H and O–H groups in total. The molecule has 2 spiro atoms. The fourth-order valence-corrected chi connectivity index (χ4v) is 19.2. The number of hydrogen-bond donors (Lipinski definition) is 0. The normalized spacial score (nSPS) is 40.8. The van der Waals surface area contributed by atoms with Crippen LogP contribution in [0.2, 0.25) is 0 Å². The van der Waals surface area contributed by atoms with E-state index in [1.54, 1.807) is 22.3 Å². The van der Waals surface area contributed by atoms with Gasteiger partial charge in [0, 0.05) is 71.9 Å². The van der Waals surface area contributed by atoms with E-state index in [1.807, 2.05) is 0 Å². The second-order valence-electron chi connectivity index (χ2n) is 23.1. The maximum atomic E-state index is 7.75. The average Bonchev–Trinajstić information content (AvgIpc) is 3.97.